The van der Waals surface area contributed by atoms with Gasteiger partial charge in [0.15, 0.2) is 0 Å². The lowest BCUT2D eigenvalue weighted by molar-refractivity contribution is 1.08. The third-order valence-corrected chi connectivity index (χ3v) is 14.6. The molecule has 0 radical (unpaired) electrons. The number of nitrogens with zero attached hydrogens (tertiary/aromatic N) is 1. The molecule has 0 saturated carbocycles. The Balaban J connectivity index is 3.34. The van der Waals surface area contributed by atoms with Crippen molar-refractivity contribution in [2.75, 3.05) is 0 Å². The average Bonchev–Trinajstić information content (AvgIpc) is 2.11. The quantitative estimate of drug-likeness (QED) is 0.748. The molecule has 0 fully saturated rings. The Morgan fingerprint density at radius 3 is 1.63 bits per heavy atom. The van der Waals surface area contributed by atoms with E-state index in [1.807, 2.05) is 0 Å². The van der Waals surface area contributed by atoms with Gasteiger partial charge in [0.05, 0.1) is 16.1 Å². The summed E-state index contributed by atoms with van der Waals surface area (Å²) < 4.78 is 0. The maximum absolute atomic E-state index is 5.11. The zero-order valence-electron chi connectivity index (χ0n) is 14.3. The summed E-state index contributed by atoms with van der Waals surface area (Å²) in [6, 6.07) is 6.76. The molecule has 1 heterocycles. The highest BCUT2D eigenvalue weighted by Gasteiger charge is 2.39. The van der Waals surface area contributed by atoms with Crippen molar-refractivity contribution in [2.45, 2.75) is 64.1 Å². The number of pyridine rings is 1. The van der Waals surface area contributed by atoms with Crippen LogP contribution in [-0.2, 0) is 0 Å². The Kier molecular flexibility index (Phi) is 4.70. The molecule has 4 heteroatoms. The van der Waals surface area contributed by atoms with Gasteiger partial charge in [-0.2, -0.15) is 0 Å². The molecular formula is C15H31NSi3. The Morgan fingerprint density at radius 2 is 1.26 bits per heavy atom. The van der Waals surface area contributed by atoms with Crippen molar-refractivity contribution >= 4 is 29.5 Å². The van der Waals surface area contributed by atoms with Gasteiger partial charge in [0, 0.05) is 11.0 Å². The van der Waals surface area contributed by atoms with Crippen molar-refractivity contribution in [2.24, 2.45) is 0 Å². The molecule has 0 aromatic carbocycles. The predicted octanol–water partition coefficient (Wildman–Crippen LogP) is 4.47. The van der Waals surface area contributed by atoms with Crippen molar-refractivity contribution in [1.82, 2.24) is 4.98 Å². The van der Waals surface area contributed by atoms with E-state index < -0.39 is 24.2 Å². The van der Waals surface area contributed by atoms with E-state index in [-0.39, 0.29) is 0 Å². The number of rotatable bonds is 4. The van der Waals surface area contributed by atoms with Crippen LogP contribution < -0.4 is 5.32 Å². The SMILES string of the molecule is C[Si](C)(C)c1cccc(C([Si](C)(C)C)[Si](C)(C)C)n1. The number of aromatic nitrogens is 1. The van der Waals surface area contributed by atoms with Crippen LogP contribution in [0.2, 0.25) is 58.9 Å². The van der Waals surface area contributed by atoms with E-state index in [0.717, 1.165) is 5.16 Å². The predicted molar refractivity (Wildman–Crippen MR) is 96.7 cm³/mol. The molecule has 108 valence electrons. The van der Waals surface area contributed by atoms with E-state index in [4.69, 9.17) is 4.98 Å². The van der Waals surface area contributed by atoms with E-state index in [9.17, 15) is 0 Å². The molecule has 0 aliphatic carbocycles. The molecule has 0 bridgehead atoms. The first-order valence-electron chi connectivity index (χ1n) is 7.31. The van der Waals surface area contributed by atoms with Crippen molar-refractivity contribution in [1.29, 1.82) is 0 Å². The molecule has 0 aliphatic rings. The van der Waals surface area contributed by atoms with Crippen molar-refractivity contribution in [3.63, 3.8) is 0 Å². The molecule has 0 saturated heterocycles. The van der Waals surface area contributed by atoms with Gasteiger partial charge in [-0.15, -0.1) is 0 Å². The molecule has 1 nitrogen and oxygen atoms in total. The molecule has 0 spiro atoms. The zero-order valence-corrected chi connectivity index (χ0v) is 17.3. The van der Waals surface area contributed by atoms with Crippen LogP contribution in [0.5, 0.6) is 0 Å². The zero-order chi connectivity index (χ0) is 15.1. The van der Waals surface area contributed by atoms with Gasteiger partial charge in [0.1, 0.15) is 8.07 Å². The standard InChI is InChI=1S/C15H31NSi3/c1-17(2,3)14-12-10-11-13(16-14)15(18(4,5)6)19(7,8)9/h10-12,15H,1-9H3. The second-order valence-electron chi connectivity index (χ2n) is 8.86. The maximum Gasteiger partial charge on any atom is 0.101 e. The fourth-order valence-electron chi connectivity index (χ4n) is 3.22. The summed E-state index contributed by atoms with van der Waals surface area (Å²) in [5, 5.41) is 2.11. The highest BCUT2D eigenvalue weighted by atomic mass is 28.4. The maximum atomic E-state index is 5.11. The molecule has 1 aromatic rings. The Hall–Kier alpha value is -0.199. The van der Waals surface area contributed by atoms with Gasteiger partial charge in [0.2, 0.25) is 0 Å². The van der Waals surface area contributed by atoms with E-state index in [2.05, 4.69) is 77.1 Å². The fraction of sp³-hybridized carbons (Fsp3) is 0.667. The Morgan fingerprint density at radius 1 is 0.789 bits per heavy atom. The Bertz CT molecular complexity index is 422. The van der Waals surface area contributed by atoms with Gasteiger partial charge in [-0.3, -0.25) is 4.98 Å². The molecule has 1 aromatic heterocycles. The first-order valence-corrected chi connectivity index (χ1v) is 18.0. The number of hydrogen-bond donors (Lipinski definition) is 0. The summed E-state index contributed by atoms with van der Waals surface area (Å²) in [7, 11) is -3.77. The second-order valence-corrected chi connectivity index (χ2v) is 25.1. The van der Waals surface area contributed by atoms with Gasteiger partial charge >= 0.3 is 0 Å². The lowest BCUT2D eigenvalue weighted by Crippen LogP contribution is -2.48. The van der Waals surface area contributed by atoms with E-state index in [1.54, 1.807) is 0 Å². The monoisotopic (exact) mass is 309 g/mol. The van der Waals surface area contributed by atoms with E-state index in [1.165, 1.54) is 11.0 Å². The third kappa shape index (κ3) is 4.39. The largest absolute Gasteiger partial charge is 0.263 e. The van der Waals surface area contributed by atoms with Crippen molar-refractivity contribution < 1.29 is 0 Å². The minimum Gasteiger partial charge on any atom is -0.263 e. The van der Waals surface area contributed by atoms with E-state index >= 15 is 0 Å². The van der Waals surface area contributed by atoms with Crippen LogP contribution in [0.1, 0.15) is 10.9 Å². The second kappa shape index (κ2) is 5.30. The highest BCUT2D eigenvalue weighted by molar-refractivity contribution is 6.96. The normalized spacial score (nSPS) is 14.0. The molecule has 0 atom stereocenters. The fourth-order valence-corrected chi connectivity index (χ4v) is 16.8. The highest BCUT2D eigenvalue weighted by Crippen LogP contribution is 2.34. The molecule has 0 unspecified atom stereocenters. The van der Waals surface area contributed by atoms with Crippen LogP contribution in [0.15, 0.2) is 18.2 Å². The molecule has 0 amide bonds. The summed E-state index contributed by atoms with van der Waals surface area (Å²) in [6.07, 6.45) is 0. The van der Waals surface area contributed by atoms with Gasteiger partial charge in [-0.25, -0.2) is 0 Å². The van der Waals surface area contributed by atoms with Crippen molar-refractivity contribution in [3.8, 4) is 0 Å². The molecular weight excluding hydrogens is 278 g/mol. The van der Waals surface area contributed by atoms with Crippen LogP contribution >= 0.6 is 0 Å². The first kappa shape index (κ1) is 16.9. The Labute approximate surface area is 122 Å². The van der Waals surface area contributed by atoms with Gasteiger partial charge in [0.25, 0.3) is 0 Å². The summed E-state index contributed by atoms with van der Waals surface area (Å²) in [5.74, 6) is 0. The summed E-state index contributed by atoms with van der Waals surface area (Å²) >= 11 is 0. The molecule has 0 aliphatic heterocycles. The van der Waals surface area contributed by atoms with E-state index in [0.29, 0.717) is 0 Å². The first-order chi connectivity index (χ1) is 8.33. The smallest absolute Gasteiger partial charge is 0.101 e. The van der Waals surface area contributed by atoms with Gasteiger partial charge < -0.3 is 0 Å². The summed E-state index contributed by atoms with van der Waals surface area (Å²) in [4.78, 5) is 5.11. The van der Waals surface area contributed by atoms with Gasteiger partial charge in [-0.05, 0) is 17.3 Å². The van der Waals surface area contributed by atoms with Crippen molar-refractivity contribution in [3.05, 3.63) is 23.9 Å². The summed E-state index contributed by atoms with van der Waals surface area (Å²) in [6.45, 7) is 22.2. The van der Waals surface area contributed by atoms with Gasteiger partial charge in [-0.1, -0.05) is 65.0 Å². The van der Waals surface area contributed by atoms with Crippen LogP contribution in [0.3, 0.4) is 0 Å². The minimum atomic E-state index is -1.31. The summed E-state index contributed by atoms with van der Waals surface area (Å²) in [5.41, 5.74) is 1.39. The third-order valence-electron chi connectivity index (χ3n) is 3.57. The van der Waals surface area contributed by atoms with Crippen LogP contribution in [0, 0.1) is 0 Å². The lowest BCUT2D eigenvalue weighted by atomic mass is 10.4. The molecule has 19 heavy (non-hydrogen) atoms. The molecule has 1 rings (SSSR count). The average molecular weight is 310 g/mol. The lowest BCUT2D eigenvalue weighted by Gasteiger charge is -2.38. The number of hydrogen-bond acceptors (Lipinski definition) is 1. The van der Waals surface area contributed by atoms with Crippen LogP contribution in [0.25, 0.3) is 0 Å². The minimum absolute atomic E-state index is 0.747. The van der Waals surface area contributed by atoms with Crippen LogP contribution in [0.4, 0.5) is 0 Å². The topological polar surface area (TPSA) is 12.9 Å². The molecule has 0 N–H and O–H groups in total. The van der Waals surface area contributed by atoms with Crippen LogP contribution in [-0.4, -0.2) is 29.2 Å².